The molecule has 30 heavy (non-hydrogen) atoms. The summed E-state index contributed by atoms with van der Waals surface area (Å²) in [6.07, 6.45) is 0. The van der Waals surface area contributed by atoms with E-state index in [0.717, 1.165) is 27.2 Å². The predicted molar refractivity (Wildman–Crippen MR) is 124 cm³/mol. The minimum absolute atomic E-state index is 0.141. The number of hydrogen-bond donors (Lipinski definition) is 1. The number of nitrogens with zero attached hydrogens (tertiary/aromatic N) is 3. The van der Waals surface area contributed by atoms with Gasteiger partial charge in [0.25, 0.3) is 0 Å². The molecule has 3 rings (SSSR count). The van der Waals surface area contributed by atoms with Gasteiger partial charge in [-0.3, -0.25) is 4.79 Å². The van der Waals surface area contributed by atoms with Crippen molar-refractivity contribution >= 4 is 50.9 Å². The zero-order valence-corrected chi connectivity index (χ0v) is 20.1. The molecule has 0 spiro atoms. The molecule has 3 aromatic rings. The molecule has 9 heteroatoms. The monoisotopic (exact) mass is 508 g/mol. The van der Waals surface area contributed by atoms with Gasteiger partial charge in [0, 0.05) is 16.7 Å². The van der Waals surface area contributed by atoms with E-state index in [1.807, 2.05) is 43.5 Å². The molecule has 1 N–H and O–H groups in total. The molecule has 0 radical (unpaired) electrons. The molecule has 1 amide bonds. The van der Waals surface area contributed by atoms with Crippen LogP contribution >= 0.6 is 39.3 Å². The Kier molecular flexibility index (Phi) is 7.80. The number of thioether (sulfide) groups is 1. The molecule has 0 aliphatic rings. The minimum atomic E-state index is -0.141. The maximum atomic E-state index is 12.3. The highest BCUT2D eigenvalue weighted by molar-refractivity contribution is 9.10. The summed E-state index contributed by atoms with van der Waals surface area (Å²) in [6, 6.07) is 11.3. The molecule has 158 valence electrons. The Morgan fingerprint density at radius 3 is 2.63 bits per heavy atom. The van der Waals surface area contributed by atoms with Crippen molar-refractivity contribution < 1.29 is 9.53 Å². The fraction of sp³-hybridized carbons (Fsp3) is 0.286. The summed E-state index contributed by atoms with van der Waals surface area (Å²) in [5.74, 6) is 1.66. The minimum Gasteiger partial charge on any atom is -0.485 e. The molecule has 6 nitrogen and oxygen atoms in total. The second kappa shape index (κ2) is 10.3. The van der Waals surface area contributed by atoms with Crippen molar-refractivity contribution in [2.75, 3.05) is 11.1 Å². The Labute approximate surface area is 193 Å². The van der Waals surface area contributed by atoms with E-state index in [9.17, 15) is 4.79 Å². The Morgan fingerprint density at radius 2 is 1.97 bits per heavy atom. The molecule has 2 aromatic carbocycles. The first-order valence-electron chi connectivity index (χ1n) is 9.37. The topological polar surface area (TPSA) is 69.0 Å². The number of rotatable bonds is 8. The van der Waals surface area contributed by atoms with Crippen LogP contribution in [-0.2, 0) is 17.9 Å². The van der Waals surface area contributed by atoms with Crippen LogP contribution in [0, 0.1) is 13.8 Å². The summed E-state index contributed by atoms with van der Waals surface area (Å²) in [6.45, 7) is 7.05. The van der Waals surface area contributed by atoms with Crippen LogP contribution in [0.2, 0.25) is 5.02 Å². The zero-order chi connectivity index (χ0) is 21.7. The molecule has 0 atom stereocenters. The van der Waals surface area contributed by atoms with Crippen LogP contribution in [0.25, 0.3) is 0 Å². The average molecular weight is 510 g/mol. The molecule has 1 heterocycles. The smallest absolute Gasteiger partial charge is 0.234 e. The van der Waals surface area contributed by atoms with Crippen LogP contribution in [0.4, 0.5) is 5.69 Å². The maximum Gasteiger partial charge on any atom is 0.234 e. The first kappa shape index (κ1) is 22.7. The first-order valence-corrected chi connectivity index (χ1v) is 11.5. The van der Waals surface area contributed by atoms with E-state index in [2.05, 4.69) is 31.4 Å². The lowest BCUT2D eigenvalue weighted by atomic mass is 10.1. The lowest BCUT2D eigenvalue weighted by molar-refractivity contribution is -0.113. The summed E-state index contributed by atoms with van der Waals surface area (Å²) in [5.41, 5.74) is 2.81. The van der Waals surface area contributed by atoms with Gasteiger partial charge in [0.05, 0.1) is 10.8 Å². The quantitative estimate of drug-likeness (QED) is 0.398. The number of amides is 1. The second-order valence-electron chi connectivity index (χ2n) is 6.62. The Hall–Kier alpha value is -2.03. The fourth-order valence-electron chi connectivity index (χ4n) is 2.91. The third kappa shape index (κ3) is 5.56. The van der Waals surface area contributed by atoms with Crippen LogP contribution < -0.4 is 10.1 Å². The molecule has 0 aliphatic heterocycles. The van der Waals surface area contributed by atoms with Crippen LogP contribution in [0.1, 0.15) is 23.9 Å². The van der Waals surface area contributed by atoms with Crippen molar-refractivity contribution in [3.63, 3.8) is 0 Å². The Morgan fingerprint density at radius 1 is 1.23 bits per heavy atom. The highest BCUT2D eigenvalue weighted by atomic mass is 79.9. The van der Waals surface area contributed by atoms with E-state index in [-0.39, 0.29) is 11.7 Å². The molecule has 0 saturated heterocycles. The molecular weight excluding hydrogens is 488 g/mol. The number of carbonyl (C=O) groups is 1. The summed E-state index contributed by atoms with van der Waals surface area (Å²) >= 11 is 10.7. The lowest BCUT2D eigenvalue weighted by Gasteiger charge is -2.12. The van der Waals surface area contributed by atoms with Gasteiger partial charge in [-0.25, -0.2) is 0 Å². The highest BCUT2D eigenvalue weighted by Gasteiger charge is 2.15. The summed E-state index contributed by atoms with van der Waals surface area (Å²) < 4.78 is 8.75. The normalized spacial score (nSPS) is 10.8. The van der Waals surface area contributed by atoms with Gasteiger partial charge in [0.15, 0.2) is 11.0 Å². The van der Waals surface area contributed by atoms with Crippen molar-refractivity contribution in [2.45, 2.75) is 39.1 Å². The molecule has 0 bridgehead atoms. The van der Waals surface area contributed by atoms with Gasteiger partial charge >= 0.3 is 0 Å². The van der Waals surface area contributed by atoms with Gasteiger partial charge in [0.2, 0.25) is 5.91 Å². The molecule has 0 fully saturated rings. The zero-order valence-electron chi connectivity index (χ0n) is 16.9. The van der Waals surface area contributed by atoms with Crippen molar-refractivity contribution in [1.29, 1.82) is 0 Å². The van der Waals surface area contributed by atoms with Crippen LogP contribution in [0.3, 0.4) is 0 Å². The first-order chi connectivity index (χ1) is 14.4. The number of hydrogen-bond acceptors (Lipinski definition) is 5. The number of benzene rings is 2. The van der Waals surface area contributed by atoms with Gasteiger partial charge in [-0.1, -0.05) is 41.6 Å². The summed E-state index contributed by atoms with van der Waals surface area (Å²) in [5, 5.41) is 12.6. The molecular formula is C21H22BrClN4O2S. The number of carbonyl (C=O) groups excluding carboxylic acids is 1. The summed E-state index contributed by atoms with van der Waals surface area (Å²) in [7, 11) is 0. The van der Waals surface area contributed by atoms with Crippen LogP contribution in [0.5, 0.6) is 5.75 Å². The van der Waals surface area contributed by atoms with Crippen molar-refractivity contribution in [3.8, 4) is 5.75 Å². The van der Waals surface area contributed by atoms with Crippen molar-refractivity contribution in [3.05, 3.63) is 62.8 Å². The number of para-hydroxylation sites is 1. The predicted octanol–water partition coefficient (Wildman–Crippen LogP) is 5.64. The van der Waals surface area contributed by atoms with Gasteiger partial charge in [0.1, 0.15) is 12.4 Å². The average Bonchev–Trinajstić information content (AvgIpc) is 3.10. The van der Waals surface area contributed by atoms with E-state index in [1.165, 1.54) is 11.8 Å². The Bertz CT molecular complexity index is 1040. The van der Waals surface area contributed by atoms with Crippen molar-refractivity contribution in [2.24, 2.45) is 0 Å². The standard InChI is InChI=1S/C21H22BrClN4O2S/c1-4-27-18(11-29-20-13(2)6-5-7-14(20)3)25-26-21(27)30-12-19(28)24-15-8-9-16(22)17(23)10-15/h5-10H,4,11-12H2,1-3H3,(H,24,28). The van der Waals surface area contributed by atoms with E-state index in [0.29, 0.717) is 29.0 Å². The molecule has 0 aliphatic carbocycles. The Balaban J connectivity index is 1.61. The number of ether oxygens (including phenoxy) is 1. The van der Waals surface area contributed by atoms with Gasteiger partial charge in [-0.15, -0.1) is 10.2 Å². The van der Waals surface area contributed by atoms with Crippen molar-refractivity contribution in [1.82, 2.24) is 14.8 Å². The molecule has 1 aromatic heterocycles. The number of halogens is 2. The van der Waals surface area contributed by atoms with E-state index < -0.39 is 0 Å². The van der Waals surface area contributed by atoms with Crippen LogP contribution in [-0.4, -0.2) is 26.4 Å². The van der Waals surface area contributed by atoms with Gasteiger partial charge in [-0.2, -0.15) is 0 Å². The van der Waals surface area contributed by atoms with Gasteiger partial charge in [-0.05, 0) is 66.0 Å². The number of aryl methyl sites for hydroxylation is 2. The highest BCUT2D eigenvalue weighted by Crippen LogP contribution is 2.26. The fourth-order valence-corrected chi connectivity index (χ4v) is 4.16. The maximum absolute atomic E-state index is 12.3. The van der Waals surface area contributed by atoms with E-state index >= 15 is 0 Å². The number of nitrogens with one attached hydrogen (secondary N) is 1. The third-order valence-electron chi connectivity index (χ3n) is 4.40. The largest absolute Gasteiger partial charge is 0.485 e. The SMILES string of the molecule is CCn1c(COc2c(C)cccc2C)nnc1SCC(=O)Nc1ccc(Br)c(Cl)c1. The van der Waals surface area contributed by atoms with E-state index in [1.54, 1.807) is 18.2 Å². The number of aromatic nitrogens is 3. The lowest BCUT2D eigenvalue weighted by Crippen LogP contribution is -2.15. The van der Waals surface area contributed by atoms with E-state index in [4.69, 9.17) is 16.3 Å². The molecule has 0 saturated carbocycles. The summed E-state index contributed by atoms with van der Waals surface area (Å²) in [4.78, 5) is 12.3. The third-order valence-corrected chi connectivity index (χ3v) is 6.60. The number of anilines is 1. The van der Waals surface area contributed by atoms with Gasteiger partial charge < -0.3 is 14.6 Å². The van der Waals surface area contributed by atoms with Crippen LogP contribution in [0.15, 0.2) is 46.0 Å². The second-order valence-corrected chi connectivity index (χ2v) is 8.82. The molecule has 0 unspecified atom stereocenters.